The topological polar surface area (TPSA) is 81.4 Å². The van der Waals surface area contributed by atoms with E-state index in [0.717, 1.165) is 31.2 Å². The first-order valence-electron chi connectivity index (χ1n) is 6.63. The molecular formula is C15H24N2O3. The molecule has 0 bridgehead atoms. The lowest BCUT2D eigenvalue weighted by Gasteiger charge is -1.98. The highest BCUT2D eigenvalue weighted by Crippen LogP contribution is 2.04. The second-order valence-electron chi connectivity index (χ2n) is 4.18. The molecule has 0 heterocycles. The van der Waals surface area contributed by atoms with E-state index in [2.05, 4.69) is 10.1 Å². The lowest BCUT2D eigenvalue weighted by molar-refractivity contribution is -0.140. The van der Waals surface area contributed by atoms with Crippen molar-refractivity contribution in [2.75, 3.05) is 27.2 Å². The minimum Gasteiger partial charge on any atom is -0.469 e. The van der Waals surface area contributed by atoms with Gasteiger partial charge in [0.05, 0.1) is 13.5 Å². The van der Waals surface area contributed by atoms with Crippen LogP contribution >= 0.6 is 0 Å². The maximum atomic E-state index is 10.3. The molecule has 0 atom stereocenters. The summed E-state index contributed by atoms with van der Waals surface area (Å²) in [5.41, 5.74) is 7.35. The normalized spacial score (nSPS) is 9.35. The van der Waals surface area contributed by atoms with Gasteiger partial charge in [0.25, 0.3) is 0 Å². The number of aldehydes is 1. The number of aryl methyl sites for hydroxylation is 1. The predicted octanol–water partition coefficient (Wildman–Crippen LogP) is 1.16. The summed E-state index contributed by atoms with van der Waals surface area (Å²) in [7, 11) is 3.18. The van der Waals surface area contributed by atoms with Crippen LogP contribution in [0, 0.1) is 0 Å². The summed E-state index contributed by atoms with van der Waals surface area (Å²) in [4.78, 5) is 20.6. The molecule has 0 spiro atoms. The number of nitrogens with one attached hydrogen (secondary N) is 1. The summed E-state index contributed by atoms with van der Waals surface area (Å²) in [6, 6.07) is 7.61. The predicted molar refractivity (Wildman–Crippen MR) is 79.8 cm³/mol. The van der Waals surface area contributed by atoms with Crippen LogP contribution in [0.5, 0.6) is 0 Å². The molecule has 1 aromatic rings. The fraction of sp³-hybridized carbons (Fsp3) is 0.467. The highest BCUT2D eigenvalue weighted by molar-refractivity contribution is 5.74. The van der Waals surface area contributed by atoms with Gasteiger partial charge in [-0.15, -0.1) is 0 Å². The molecule has 5 nitrogen and oxygen atoms in total. The van der Waals surface area contributed by atoms with Crippen LogP contribution in [0.25, 0.3) is 0 Å². The molecule has 20 heavy (non-hydrogen) atoms. The number of carbonyl (C=O) groups is 2. The number of carbonyl (C=O) groups excluding carboxylic acids is 2. The van der Waals surface area contributed by atoms with Gasteiger partial charge in [0.2, 0.25) is 0 Å². The van der Waals surface area contributed by atoms with E-state index in [1.165, 1.54) is 12.7 Å². The molecule has 0 amide bonds. The van der Waals surface area contributed by atoms with E-state index in [0.29, 0.717) is 13.0 Å². The molecule has 0 aromatic heterocycles. The van der Waals surface area contributed by atoms with Crippen molar-refractivity contribution in [3.05, 3.63) is 35.4 Å². The average molecular weight is 280 g/mol. The van der Waals surface area contributed by atoms with Gasteiger partial charge in [0.1, 0.15) is 6.29 Å². The van der Waals surface area contributed by atoms with E-state index >= 15 is 0 Å². The van der Waals surface area contributed by atoms with Crippen molar-refractivity contribution in [3.63, 3.8) is 0 Å². The maximum absolute atomic E-state index is 10.3. The zero-order valence-electron chi connectivity index (χ0n) is 12.2. The van der Waals surface area contributed by atoms with Gasteiger partial charge in [-0.25, -0.2) is 0 Å². The van der Waals surface area contributed by atoms with Gasteiger partial charge < -0.3 is 15.8 Å². The number of hydrogen-bond acceptors (Lipinski definition) is 5. The van der Waals surface area contributed by atoms with Crippen LogP contribution < -0.4 is 11.1 Å². The molecule has 0 radical (unpaired) electrons. The lowest BCUT2D eigenvalue weighted by atomic mass is 10.1. The molecule has 3 N–H and O–H groups in total. The third kappa shape index (κ3) is 9.24. The number of nitrogens with two attached hydrogens (primary N) is 1. The molecule has 0 aliphatic carbocycles. The molecule has 0 unspecified atom stereocenters. The van der Waals surface area contributed by atoms with E-state index in [-0.39, 0.29) is 5.97 Å². The fourth-order valence-corrected chi connectivity index (χ4v) is 1.40. The Balaban J connectivity index is 0.000000396. The van der Waals surface area contributed by atoms with Crippen LogP contribution in [0.15, 0.2) is 24.3 Å². The van der Waals surface area contributed by atoms with E-state index in [4.69, 9.17) is 5.73 Å². The Hall–Kier alpha value is -1.72. The summed E-state index contributed by atoms with van der Waals surface area (Å²) in [5.74, 6) is -0.167. The quantitative estimate of drug-likeness (QED) is 0.578. The van der Waals surface area contributed by atoms with Crippen molar-refractivity contribution in [1.82, 2.24) is 5.32 Å². The number of benzene rings is 1. The molecule has 0 fully saturated rings. The van der Waals surface area contributed by atoms with E-state index in [1.54, 1.807) is 7.05 Å². The Labute approximate surface area is 120 Å². The lowest BCUT2D eigenvalue weighted by Crippen LogP contribution is -2.13. The second-order valence-corrected chi connectivity index (χ2v) is 4.18. The van der Waals surface area contributed by atoms with Gasteiger partial charge in [-0.3, -0.25) is 9.59 Å². The minimum absolute atomic E-state index is 0.167. The van der Waals surface area contributed by atoms with Crippen LogP contribution in [0.1, 0.15) is 28.8 Å². The third-order valence-electron chi connectivity index (χ3n) is 2.59. The first-order chi connectivity index (χ1) is 9.67. The second kappa shape index (κ2) is 12.3. The smallest absolute Gasteiger partial charge is 0.306 e. The number of hydrogen-bond donors (Lipinski definition) is 2. The molecule has 1 rings (SSSR count). The Bertz CT molecular complexity index is 377. The maximum Gasteiger partial charge on any atom is 0.306 e. The average Bonchev–Trinajstić information content (AvgIpc) is 2.51. The van der Waals surface area contributed by atoms with Crippen molar-refractivity contribution in [3.8, 4) is 0 Å². The molecule has 0 saturated heterocycles. The zero-order valence-corrected chi connectivity index (χ0v) is 12.2. The number of ether oxygens (including phenoxy) is 1. The summed E-state index contributed by atoms with van der Waals surface area (Å²) in [6.45, 7) is 1.40. The van der Waals surface area contributed by atoms with Crippen molar-refractivity contribution in [2.45, 2.75) is 19.3 Å². The number of rotatable bonds is 7. The fourth-order valence-electron chi connectivity index (χ4n) is 1.40. The van der Waals surface area contributed by atoms with E-state index < -0.39 is 0 Å². The van der Waals surface area contributed by atoms with Crippen LogP contribution in [0.3, 0.4) is 0 Å². The molecule has 0 aliphatic heterocycles. The van der Waals surface area contributed by atoms with Crippen molar-refractivity contribution in [1.29, 1.82) is 0 Å². The minimum atomic E-state index is -0.167. The first kappa shape index (κ1) is 18.3. The van der Waals surface area contributed by atoms with E-state index in [1.807, 2.05) is 24.3 Å². The zero-order chi connectivity index (χ0) is 15.2. The van der Waals surface area contributed by atoms with E-state index in [9.17, 15) is 9.59 Å². The monoisotopic (exact) mass is 280 g/mol. The molecule has 112 valence electrons. The Morgan fingerprint density at radius 1 is 1.35 bits per heavy atom. The Morgan fingerprint density at radius 3 is 2.45 bits per heavy atom. The Kier molecular flexibility index (Phi) is 11.3. The summed E-state index contributed by atoms with van der Waals surface area (Å²) >= 11 is 0. The third-order valence-corrected chi connectivity index (χ3v) is 2.59. The van der Waals surface area contributed by atoms with Crippen molar-refractivity contribution in [2.24, 2.45) is 5.73 Å². The number of esters is 1. The summed E-state index contributed by atoms with van der Waals surface area (Å²) in [5, 5.41) is 2.83. The van der Waals surface area contributed by atoms with Gasteiger partial charge in [-0.1, -0.05) is 24.3 Å². The van der Waals surface area contributed by atoms with Gasteiger partial charge in [-0.2, -0.15) is 0 Å². The van der Waals surface area contributed by atoms with Crippen molar-refractivity contribution < 1.29 is 14.3 Å². The highest BCUT2D eigenvalue weighted by Gasteiger charge is 1.95. The van der Waals surface area contributed by atoms with Gasteiger partial charge in [0, 0.05) is 12.1 Å². The first-order valence-corrected chi connectivity index (χ1v) is 6.63. The molecular weight excluding hydrogens is 256 g/mol. The molecule has 0 aliphatic rings. The highest BCUT2D eigenvalue weighted by atomic mass is 16.5. The summed E-state index contributed by atoms with van der Waals surface area (Å²) in [6.07, 6.45) is 3.30. The SMILES string of the molecule is CNCCC(=O)OC.NCCCc1ccc(C=O)cc1. The van der Waals surface area contributed by atoms with Gasteiger partial charge >= 0.3 is 5.97 Å². The van der Waals surface area contributed by atoms with Crippen molar-refractivity contribution >= 4 is 12.3 Å². The van der Waals surface area contributed by atoms with Gasteiger partial charge in [-0.05, 0) is 32.0 Å². The van der Waals surface area contributed by atoms with Crippen LogP contribution in [-0.2, 0) is 16.0 Å². The van der Waals surface area contributed by atoms with Crippen LogP contribution in [0.2, 0.25) is 0 Å². The molecule has 5 heteroatoms. The number of methoxy groups -OCH3 is 1. The van der Waals surface area contributed by atoms with Gasteiger partial charge in [0.15, 0.2) is 0 Å². The summed E-state index contributed by atoms with van der Waals surface area (Å²) < 4.78 is 4.37. The largest absolute Gasteiger partial charge is 0.469 e. The molecule has 1 aromatic carbocycles. The Morgan fingerprint density at radius 2 is 2.00 bits per heavy atom. The standard InChI is InChI=1S/C10H13NO.C5H11NO2/c11-7-1-2-9-3-5-10(8-12)6-4-9;1-6-4-3-5(7)8-2/h3-6,8H,1-2,7,11H2;6H,3-4H2,1-2H3. The molecule has 0 saturated carbocycles. The van der Waals surface area contributed by atoms with Crippen LogP contribution in [0.4, 0.5) is 0 Å². The van der Waals surface area contributed by atoms with Crippen LogP contribution in [-0.4, -0.2) is 39.5 Å².